The van der Waals surface area contributed by atoms with Gasteiger partial charge >= 0.3 is 5.97 Å². The van der Waals surface area contributed by atoms with Gasteiger partial charge in [0.05, 0.1) is 22.2 Å². The number of ether oxygens (including phenoxy) is 2. The highest BCUT2D eigenvalue weighted by molar-refractivity contribution is 9.10. The second-order valence-corrected chi connectivity index (χ2v) is 5.39. The lowest BCUT2D eigenvalue weighted by molar-refractivity contribution is 0.0600. The maximum atomic E-state index is 11.4. The Balaban J connectivity index is 2.33. The predicted octanol–water partition coefficient (Wildman–Crippen LogP) is 4.99. The van der Waals surface area contributed by atoms with Crippen LogP contribution in [0.1, 0.15) is 15.9 Å². The molecule has 104 valence electrons. The first-order valence-corrected chi connectivity index (χ1v) is 7.01. The molecule has 0 saturated carbocycles. The van der Waals surface area contributed by atoms with E-state index >= 15 is 0 Å². The minimum atomic E-state index is -0.397. The highest BCUT2D eigenvalue weighted by Gasteiger charge is 2.12. The van der Waals surface area contributed by atoms with E-state index in [1.54, 1.807) is 24.3 Å². The lowest BCUT2D eigenvalue weighted by atomic mass is 10.2. The molecule has 0 heterocycles. The van der Waals surface area contributed by atoms with E-state index in [0.29, 0.717) is 26.6 Å². The van der Waals surface area contributed by atoms with Crippen LogP contribution in [0.15, 0.2) is 40.9 Å². The van der Waals surface area contributed by atoms with Crippen molar-refractivity contribution >= 4 is 33.5 Å². The number of methoxy groups -OCH3 is 1. The maximum Gasteiger partial charge on any atom is 0.337 e. The normalized spacial score (nSPS) is 10.2. The topological polar surface area (TPSA) is 35.5 Å². The van der Waals surface area contributed by atoms with Crippen LogP contribution < -0.4 is 4.74 Å². The van der Waals surface area contributed by atoms with Crippen molar-refractivity contribution in [2.24, 2.45) is 0 Å². The van der Waals surface area contributed by atoms with Crippen LogP contribution in [0.2, 0.25) is 5.02 Å². The summed E-state index contributed by atoms with van der Waals surface area (Å²) >= 11 is 9.50. The number of halogens is 2. The van der Waals surface area contributed by atoms with Gasteiger partial charge in [0.15, 0.2) is 0 Å². The average Bonchev–Trinajstić information content (AvgIpc) is 2.43. The quantitative estimate of drug-likeness (QED) is 0.728. The van der Waals surface area contributed by atoms with Gasteiger partial charge in [0, 0.05) is 0 Å². The molecule has 5 heteroatoms. The molecule has 0 radical (unpaired) electrons. The Kier molecular flexibility index (Phi) is 4.68. The van der Waals surface area contributed by atoms with Crippen molar-refractivity contribution < 1.29 is 14.3 Å². The average molecular weight is 356 g/mol. The molecular formula is C15H12BrClO3. The largest absolute Gasteiger partial charge is 0.465 e. The van der Waals surface area contributed by atoms with Crippen molar-refractivity contribution in [1.82, 2.24) is 0 Å². The Labute approximate surface area is 130 Å². The van der Waals surface area contributed by atoms with E-state index in [0.717, 1.165) is 5.56 Å². The van der Waals surface area contributed by atoms with Crippen LogP contribution in [0.5, 0.6) is 11.5 Å². The number of hydrogen-bond donors (Lipinski definition) is 0. The first-order chi connectivity index (χ1) is 9.52. The fraction of sp³-hybridized carbons (Fsp3) is 0.133. The molecule has 0 aromatic heterocycles. The van der Waals surface area contributed by atoms with Gasteiger partial charge in [-0.1, -0.05) is 23.7 Å². The Morgan fingerprint density at radius 1 is 1.25 bits per heavy atom. The third kappa shape index (κ3) is 3.14. The highest BCUT2D eigenvalue weighted by Crippen LogP contribution is 2.36. The molecule has 2 aromatic carbocycles. The van der Waals surface area contributed by atoms with E-state index < -0.39 is 5.97 Å². The molecule has 0 aliphatic heterocycles. The molecule has 0 N–H and O–H groups in total. The van der Waals surface area contributed by atoms with Crippen molar-refractivity contribution in [3.05, 3.63) is 57.0 Å². The van der Waals surface area contributed by atoms with Crippen molar-refractivity contribution in [2.75, 3.05) is 7.11 Å². The Morgan fingerprint density at radius 2 is 2.00 bits per heavy atom. The minimum absolute atomic E-state index is 0.397. The molecule has 0 saturated heterocycles. The lowest BCUT2D eigenvalue weighted by Crippen LogP contribution is -2.01. The van der Waals surface area contributed by atoms with E-state index in [4.69, 9.17) is 16.3 Å². The molecule has 0 bridgehead atoms. The van der Waals surface area contributed by atoms with E-state index in [-0.39, 0.29) is 0 Å². The lowest BCUT2D eigenvalue weighted by Gasteiger charge is -2.12. The Morgan fingerprint density at radius 3 is 2.60 bits per heavy atom. The van der Waals surface area contributed by atoms with Crippen LogP contribution in [-0.4, -0.2) is 13.1 Å². The van der Waals surface area contributed by atoms with Crippen molar-refractivity contribution in [1.29, 1.82) is 0 Å². The minimum Gasteiger partial charge on any atom is -0.465 e. The van der Waals surface area contributed by atoms with Crippen LogP contribution in [0.3, 0.4) is 0 Å². The summed E-state index contributed by atoms with van der Waals surface area (Å²) in [5, 5.41) is 0.536. The van der Waals surface area contributed by atoms with Crippen LogP contribution in [0, 0.1) is 6.92 Å². The summed E-state index contributed by atoms with van der Waals surface area (Å²) in [6, 6.07) is 10.5. The zero-order chi connectivity index (χ0) is 14.7. The van der Waals surface area contributed by atoms with Crippen LogP contribution >= 0.6 is 27.5 Å². The number of carbonyl (C=O) groups is 1. The number of aryl methyl sites for hydroxylation is 1. The van der Waals surface area contributed by atoms with Gasteiger partial charge in [0.2, 0.25) is 0 Å². The molecule has 0 unspecified atom stereocenters. The zero-order valence-corrected chi connectivity index (χ0v) is 13.3. The van der Waals surface area contributed by atoms with Gasteiger partial charge in [0.1, 0.15) is 11.5 Å². The van der Waals surface area contributed by atoms with Crippen molar-refractivity contribution in [3.8, 4) is 11.5 Å². The van der Waals surface area contributed by atoms with Gasteiger partial charge < -0.3 is 9.47 Å². The molecular weight excluding hydrogens is 344 g/mol. The first-order valence-electron chi connectivity index (χ1n) is 5.83. The molecule has 2 rings (SSSR count). The highest BCUT2D eigenvalue weighted by atomic mass is 79.9. The monoisotopic (exact) mass is 354 g/mol. The third-order valence-electron chi connectivity index (χ3n) is 2.73. The second kappa shape index (κ2) is 6.29. The van der Waals surface area contributed by atoms with Crippen LogP contribution in [-0.2, 0) is 4.74 Å². The van der Waals surface area contributed by atoms with E-state index in [9.17, 15) is 4.79 Å². The van der Waals surface area contributed by atoms with Gasteiger partial charge in [0.25, 0.3) is 0 Å². The summed E-state index contributed by atoms with van der Waals surface area (Å²) in [7, 11) is 1.34. The zero-order valence-electron chi connectivity index (χ0n) is 10.9. The van der Waals surface area contributed by atoms with Crippen molar-refractivity contribution in [2.45, 2.75) is 6.92 Å². The molecule has 0 aliphatic rings. The maximum absolute atomic E-state index is 11.4. The van der Waals surface area contributed by atoms with Crippen LogP contribution in [0.25, 0.3) is 0 Å². The number of carbonyl (C=O) groups excluding carboxylic acids is 1. The van der Waals surface area contributed by atoms with E-state index in [2.05, 4.69) is 20.7 Å². The molecule has 0 aliphatic carbocycles. The fourth-order valence-corrected chi connectivity index (χ4v) is 2.40. The summed E-state index contributed by atoms with van der Waals surface area (Å²) in [4.78, 5) is 11.4. The van der Waals surface area contributed by atoms with Gasteiger partial charge in [-0.25, -0.2) is 4.79 Å². The standard InChI is InChI=1S/C15H12BrClO3/c1-9-4-3-5-12(17)14(9)20-13-7-6-10(8-11(13)16)15(18)19-2/h3-8H,1-2H3. The first kappa shape index (κ1) is 14.9. The number of benzene rings is 2. The van der Waals surface area contributed by atoms with Crippen molar-refractivity contribution in [3.63, 3.8) is 0 Å². The summed E-state index contributed by atoms with van der Waals surface area (Å²) in [6.07, 6.45) is 0. The van der Waals surface area contributed by atoms with Gasteiger partial charge in [-0.2, -0.15) is 0 Å². The summed E-state index contributed by atoms with van der Waals surface area (Å²) in [5.41, 5.74) is 1.38. The van der Waals surface area contributed by atoms with Gasteiger partial charge in [-0.05, 0) is 52.7 Å². The Hall–Kier alpha value is -1.52. The SMILES string of the molecule is COC(=O)c1ccc(Oc2c(C)cccc2Cl)c(Br)c1. The second-order valence-electron chi connectivity index (χ2n) is 4.12. The van der Waals surface area contributed by atoms with Crippen LogP contribution in [0.4, 0.5) is 0 Å². The smallest absolute Gasteiger partial charge is 0.337 e. The number of rotatable bonds is 3. The number of para-hydroxylation sites is 1. The predicted molar refractivity (Wildman–Crippen MR) is 81.7 cm³/mol. The molecule has 3 nitrogen and oxygen atoms in total. The third-order valence-corrected chi connectivity index (χ3v) is 3.65. The fourth-order valence-electron chi connectivity index (χ4n) is 1.68. The van der Waals surface area contributed by atoms with E-state index in [1.807, 2.05) is 19.1 Å². The number of esters is 1. The summed E-state index contributed by atoms with van der Waals surface area (Å²) in [6.45, 7) is 1.91. The number of hydrogen-bond acceptors (Lipinski definition) is 3. The molecule has 0 atom stereocenters. The summed E-state index contributed by atoms with van der Waals surface area (Å²) < 4.78 is 11.1. The van der Waals surface area contributed by atoms with E-state index in [1.165, 1.54) is 7.11 Å². The molecule has 0 spiro atoms. The van der Waals surface area contributed by atoms with Gasteiger partial charge in [-0.15, -0.1) is 0 Å². The molecule has 0 fully saturated rings. The Bertz CT molecular complexity index is 635. The molecule has 0 amide bonds. The molecule has 2 aromatic rings. The summed E-state index contributed by atoms with van der Waals surface area (Å²) in [5.74, 6) is 0.778. The molecule has 20 heavy (non-hydrogen) atoms. The van der Waals surface area contributed by atoms with Gasteiger partial charge in [-0.3, -0.25) is 0 Å².